The van der Waals surface area contributed by atoms with Crippen LogP contribution in [0.3, 0.4) is 0 Å². The summed E-state index contributed by atoms with van der Waals surface area (Å²) in [6, 6.07) is 9.90. The Morgan fingerprint density at radius 2 is 2.13 bits per heavy atom. The van der Waals surface area contributed by atoms with Crippen LogP contribution in [0.1, 0.15) is 24.8 Å². The zero-order chi connectivity index (χ0) is 16.1. The predicted molar refractivity (Wildman–Crippen MR) is 90.8 cm³/mol. The molecule has 124 valence electrons. The second kappa shape index (κ2) is 7.38. The van der Waals surface area contributed by atoms with Crippen LogP contribution in [0, 0.1) is 0 Å². The number of hydrogen-bond acceptors (Lipinski definition) is 4. The molecule has 2 heterocycles. The Hall–Kier alpha value is -1.50. The molecule has 1 saturated heterocycles. The molecule has 5 nitrogen and oxygen atoms in total. The van der Waals surface area contributed by atoms with E-state index in [1.54, 1.807) is 6.20 Å². The number of sulfonamides is 1. The number of ether oxygens (including phenoxy) is 1. The first-order chi connectivity index (χ1) is 11.1. The molecule has 0 spiro atoms. The van der Waals surface area contributed by atoms with Gasteiger partial charge in [0.15, 0.2) is 0 Å². The standard InChI is InChI=1S/C17H22N2O3S/c20-23(21,13-9-16-7-3-12-22-16)19-11-8-15-5-1-4-14-6-2-10-18-17(14)15/h1-2,4-6,10,16,19H,3,7-9,11-13H2. The Morgan fingerprint density at radius 1 is 1.26 bits per heavy atom. The van der Waals surface area contributed by atoms with Gasteiger partial charge in [0.05, 0.1) is 17.4 Å². The number of para-hydroxylation sites is 1. The summed E-state index contributed by atoms with van der Waals surface area (Å²) in [5.74, 6) is 0.130. The van der Waals surface area contributed by atoms with Gasteiger partial charge in [-0.2, -0.15) is 0 Å². The normalized spacial score (nSPS) is 18.5. The minimum Gasteiger partial charge on any atom is -0.378 e. The second-order valence-corrected chi connectivity index (χ2v) is 7.81. The van der Waals surface area contributed by atoms with E-state index < -0.39 is 10.0 Å². The Balaban J connectivity index is 1.53. The van der Waals surface area contributed by atoms with Crippen LogP contribution in [-0.4, -0.2) is 38.4 Å². The molecule has 1 aliphatic heterocycles. The summed E-state index contributed by atoms with van der Waals surface area (Å²) in [6.07, 6.45) is 5.08. The topological polar surface area (TPSA) is 68.3 Å². The van der Waals surface area contributed by atoms with Crippen molar-refractivity contribution in [1.82, 2.24) is 9.71 Å². The minimum absolute atomic E-state index is 0.105. The first-order valence-electron chi connectivity index (χ1n) is 8.06. The van der Waals surface area contributed by atoms with Crippen molar-refractivity contribution in [2.75, 3.05) is 18.9 Å². The largest absolute Gasteiger partial charge is 0.378 e. The molecule has 23 heavy (non-hydrogen) atoms. The molecule has 2 aromatic rings. The highest BCUT2D eigenvalue weighted by Crippen LogP contribution is 2.17. The van der Waals surface area contributed by atoms with Gasteiger partial charge in [-0.1, -0.05) is 24.3 Å². The van der Waals surface area contributed by atoms with Crippen LogP contribution in [0.25, 0.3) is 10.9 Å². The van der Waals surface area contributed by atoms with E-state index in [4.69, 9.17) is 4.74 Å². The van der Waals surface area contributed by atoms with Crippen molar-refractivity contribution in [2.45, 2.75) is 31.8 Å². The number of nitrogens with one attached hydrogen (secondary N) is 1. The van der Waals surface area contributed by atoms with Crippen LogP contribution in [0.15, 0.2) is 36.5 Å². The fourth-order valence-corrected chi connectivity index (χ4v) is 4.07. The van der Waals surface area contributed by atoms with Gasteiger partial charge in [0.2, 0.25) is 10.0 Å². The van der Waals surface area contributed by atoms with Gasteiger partial charge in [0, 0.05) is 24.7 Å². The van der Waals surface area contributed by atoms with E-state index in [9.17, 15) is 8.42 Å². The number of aromatic nitrogens is 1. The fourth-order valence-electron chi connectivity index (χ4n) is 2.94. The molecule has 1 aromatic carbocycles. The molecule has 1 unspecified atom stereocenters. The lowest BCUT2D eigenvalue weighted by atomic mass is 10.1. The maximum absolute atomic E-state index is 12.1. The van der Waals surface area contributed by atoms with Gasteiger partial charge < -0.3 is 4.74 Å². The fraction of sp³-hybridized carbons (Fsp3) is 0.471. The molecule has 1 aromatic heterocycles. The van der Waals surface area contributed by atoms with Crippen LogP contribution < -0.4 is 4.72 Å². The molecule has 3 rings (SSSR count). The van der Waals surface area contributed by atoms with Crippen LogP contribution in [0.5, 0.6) is 0 Å². The molecule has 0 amide bonds. The van der Waals surface area contributed by atoms with Crippen molar-refractivity contribution < 1.29 is 13.2 Å². The summed E-state index contributed by atoms with van der Waals surface area (Å²) in [5.41, 5.74) is 2.00. The summed E-state index contributed by atoms with van der Waals surface area (Å²) in [6.45, 7) is 1.15. The van der Waals surface area contributed by atoms with Crippen molar-refractivity contribution in [3.05, 3.63) is 42.1 Å². The highest BCUT2D eigenvalue weighted by atomic mass is 32.2. The van der Waals surface area contributed by atoms with Gasteiger partial charge in [-0.3, -0.25) is 4.98 Å². The second-order valence-electron chi connectivity index (χ2n) is 5.88. The van der Waals surface area contributed by atoms with E-state index in [2.05, 4.69) is 9.71 Å². The van der Waals surface area contributed by atoms with Crippen molar-refractivity contribution in [2.24, 2.45) is 0 Å². The number of hydrogen-bond donors (Lipinski definition) is 1. The first kappa shape index (κ1) is 16.4. The van der Waals surface area contributed by atoms with Crippen molar-refractivity contribution in [3.63, 3.8) is 0 Å². The Bertz CT molecular complexity index is 750. The van der Waals surface area contributed by atoms with E-state index in [-0.39, 0.29) is 11.9 Å². The average Bonchev–Trinajstić information content (AvgIpc) is 3.07. The molecule has 1 N–H and O–H groups in total. The molecule has 1 atom stereocenters. The van der Waals surface area contributed by atoms with E-state index in [1.165, 1.54) is 0 Å². The summed E-state index contributed by atoms with van der Waals surface area (Å²) in [4.78, 5) is 4.39. The molecule has 6 heteroatoms. The van der Waals surface area contributed by atoms with Crippen LogP contribution >= 0.6 is 0 Å². The first-order valence-corrected chi connectivity index (χ1v) is 9.71. The molecular formula is C17H22N2O3S. The monoisotopic (exact) mass is 334 g/mol. The average molecular weight is 334 g/mol. The van der Waals surface area contributed by atoms with Crippen molar-refractivity contribution >= 4 is 20.9 Å². The molecule has 0 radical (unpaired) electrons. The van der Waals surface area contributed by atoms with Crippen LogP contribution in [-0.2, 0) is 21.2 Å². The predicted octanol–water partition coefficient (Wildman–Crippen LogP) is 2.27. The van der Waals surface area contributed by atoms with E-state index in [0.29, 0.717) is 19.4 Å². The summed E-state index contributed by atoms with van der Waals surface area (Å²) in [5, 5.41) is 1.08. The van der Waals surface area contributed by atoms with Gasteiger partial charge >= 0.3 is 0 Å². The quantitative estimate of drug-likeness (QED) is 0.843. The van der Waals surface area contributed by atoms with Crippen LogP contribution in [0.2, 0.25) is 0 Å². The number of pyridine rings is 1. The highest BCUT2D eigenvalue weighted by molar-refractivity contribution is 7.89. The van der Waals surface area contributed by atoms with E-state index in [1.807, 2.05) is 30.3 Å². The third-order valence-corrected chi connectivity index (χ3v) is 5.58. The molecule has 1 fully saturated rings. The van der Waals surface area contributed by atoms with Gasteiger partial charge in [-0.15, -0.1) is 0 Å². The molecular weight excluding hydrogens is 312 g/mol. The molecule has 0 bridgehead atoms. The van der Waals surface area contributed by atoms with Gasteiger partial charge in [-0.25, -0.2) is 13.1 Å². The van der Waals surface area contributed by atoms with Crippen molar-refractivity contribution in [1.29, 1.82) is 0 Å². The third-order valence-electron chi connectivity index (χ3n) is 4.17. The summed E-state index contributed by atoms with van der Waals surface area (Å²) < 4.78 is 32.3. The smallest absolute Gasteiger partial charge is 0.211 e. The third kappa shape index (κ3) is 4.50. The van der Waals surface area contributed by atoms with Gasteiger partial charge in [0.1, 0.15) is 0 Å². The zero-order valence-electron chi connectivity index (χ0n) is 13.1. The Labute approximate surface area is 137 Å². The zero-order valence-corrected chi connectivity index (χ0v) is 13.9. The van der Waals surface area contributed by atoms with E-state index >= 15 is 0 Å². The molecule has 0 aliphatic carbocycles. The minimum atomic E-state index is -3.24. The maximum atomic E-state index is 12.1. The van der Waals surface area contributed by atoms with Gasteiger partial charge in [0.25, 0.3) is 0 Å². The maximum Gasteiger partial charge on any atom is 0.211 e. The lowest BCUT2D eigenvalue weighted by Crippen LogP contribution is -2.30. The highest BCUT2D eigenvalue weighted by Gasteiger charge is 2.19. The van der Waals surface area contributed by atoms with E-state index in [0.717, 1.165) is 35.9 Å². The van der Waals surface area contributed by atoms with Gasteiger partial charge in [-0.05, 0) is 37.3 Å². The summed E-state index contributed by atoms with van der Waals surface area (Å²) >= 11 is 0. The SMILES string of the molecule is O=S(=O)(CCC1CCCO1)NCCc1cccc2cccnc12. The number of rotatable bonds is 7. The molecule has 1 aliphatic rings. The lowest BCUT2D eigenvalue weighted by molar-refractivity contribution is 0.109. The van der Waals surface area contributed by atoms with Crippen molar-refractivity contribution in [3.8, 4) is 0 Å². The lowest BCUT2D eigenvalue weighted by Gasteiger charge is -2.11. The van der Waals surface area contributed by atoms with Crippen LogP contribution in [0.4, 0.5) is 0 Å². The Kier molecular flexibility index (Phi) is 5.25. The number of fused-ring (bicyclic) bond motifs is 1. The molecule has 0 saturated carbocycles. The summed E-state index contributed by atoms with van der Waals surface area (Å²) in [7, 11) is -3.24. The number of nitrogens with zero attached hydrogens (tertiary/aromatic N) is 1. The Morgan fingerprint density at radius 3 is 2.96 bits per heavy atom. The number of benzene rings is 1.